The van der Waals surface area contributed by atoms with Crippen LogP contribution >= 0.6 is 23.2 Å². The van der Waals surface area contributed by atoms with Crippen LogP contribution in [-0.2, 0) is 0 Å². The van der Waals surface area contributed by atoms with E-state index in [-0.39, 0.29) is 6.79 Å². The Morgan fingerprint density at radius 3 is 2.61 bits per heavy atom. The van der Waals surface area contributed by atoms with Crippen molar-refractivity contribution < 1.29 is 14.2 Å². The van der Waals surface area contributed by atoms with E-state index >= 15 is 0 Å². The molecule has 0 bridgehead atoms. The molecule has 0 fully saturated rings. The van der Waals surface area contributed by atoms with Gasteiger partial charge in [0.2, 0.25) is 6.79 Å². The maximum absolute atomic E-state index is 9.48. The third-order valence-corrected chi connectivity index (χ3v) is 3.91. The van der Waals surface area contributed by atoms with E-state index in [0.717, 1.165) is 0 Å². The quantitative estimate of drug-likeness (QED) is 0.591. The lowest BCUT2D eigenvalue weighted by atomic mass is 10.0. The van der Waals surface area contributed by atoms with Crippen molar-refractivity contribution in [1.29, 1.82) is 5.26 Å². The van der Waals surface area contributed by atoms with Crippen molar-refractivity contribution in [1.82, 2.24) is 0 Å². The van der Waals surface area contributed by atoms with Crippen molar-refractivity contribution in [2.24, 2.45) is 0 Å². The monoisotopic (exact) mass is 347 g/mol. The van der Waals surface area contributed by atoms with E-state index in [1.54, 1.807) is 43.5 Å². The Labute approximate surface area is 143 Å². The van der Waals surface area contributed by atoms with Crippen LogP contribution in [0.4, 0.5) is 0 Å². The largest absolute Gasteiger partial charge is 0.496 e. The third kappa shape index (κ3) is 3.07. The first kappa shape index (κ1) is 15.5. The van der Waals surface area contributed by atoms with Crippen LogP contribution in [0.15, 0.2) is 30.3 Å². The number of nitrogens with zero attached hydrogens (tertiary/aromatic N) is 1. The normalized spacial score (nSPS) is 12.9. The Morgan fingerprint density at radius 2 is 1.96 bits per heavy atom. The summed E-state index contributed by atoms with van der Waals surface area (Å²) in [6.45, 7) is 0.166. The fraction of sp³-hybridized carbons (Fsp3) is 0.118. The van der Waals surface area contributed by atoms with Gasteiger partial charge in [-0.05, 0) is 24.3 Å². The van der Waals surface area contributed by atoms with E-state index in [2.05, 4.69) is 6.07 Å². The lowest BCUT2D eigenvalue weighted by molar-refractivity contribution is 0.174. The zero-order valence-corrected chi connectivity index (χ0v) is 13.6. The highest BCUT2D eigenvalue weighted by atomic mass is 35.5. The topological polar surface area (TPSA) is 51.5 Å². The first-order valence-corrected chi connectivity index (χ1v) is 7.43. The molecular formula is C17H11Cl2NO3. The highest BCUT2D eigenvalue weighted by Crippen LogP contribution is 2.39. The van der Waals surface area contributed by atoms with Crippen LogP contribution in [0.1, 0.15) is 11.1 Å². The van der Waals surface area contributed by atoms with Gasteiger partial charge in [-0.3, -0.25) is 0 Å². The third-order valence-electron chi connectivity index (χ3n) is 3.37. The number of halogens is 2. The lowest BCUT2D eigenvalue weighted by Gasteiger charge is -2.08. The molecule has 4 nitrogen and oxygen atoms in total. The summed E-state index contributed by atoms with van der Waals surface area (Å²) in [5.74, 6) is 1.80. The van der Waals surface area contributed by atoms with Crippen LogP contribution in [-0.4, -0.2) is 13.9 Å². The van der Waals surface area contributed by atoms with Crippen molar-refractivity contribution in [2.45, 2.75) is 0 Å². The minimum Gasteiger partial charge on any atom is -0.496 e. The molecule has 0 saturated carbocycles. The standard InChI is InChI=1S/C17H11Cl2NO3/c1-21-15-7-17-16(22-9-23-17)5-10(15)4-11(8-20)13-3-2-12(18)6-14(13)19/h2-7H,9H2,1H3/b11-4+. The van der Waals surface area contributed by atoms with E-state index in [1.807, 2.05) is 0 Å². The lowest BCUT2D eigenvalue weighted by Crippen LogP contribution is -1.92. The second-order valence-electron chi connectivity index (χ2n) is 4.74. The fourth-order valence-electron chi connectivity index (χ4n) is 2.26. The number of rotatable bonds is 3. The maximum atomic E-state index is 9.48. The molecule has 1 aliphatic heterocycles. The average Bonchev–Trinajstić information content (AvgIpc) is 2.99. The van der Waals surface area contributed by atoms with Crippen LogP contribution in [0.25, 0.3) is 11.6 Å². The predicted octanol–water partition coefficient (Wildman–Crippen LogP) is 4.79. The SMILES string of the molecule is COc1cc2c(cc1/C=C(\C#N)c1ccc(Cl)cc1Cl)OCO2. The van der Waals surface area contributed by atoms with Crippen LogP contribution in [0.2, 0.25) is 10.0 Å². The summed E-state index contributed by atoms with van der Waals surface area (Å²) >= 11 is 12.1. The van der Waals surface area contributed by atoms with Gasteiger partial charge in [-0.2, -0.15) is 5.26 Å². The van der Waals surface area contributed by atoms with Gasteiger partial charge in [-0.1, -0.05) is 29.3 Å². The van der Waals surface area contributed by atoms with E-state index in [4.69, 9.17) is 37.4 Å². The molecule has 2 aromatic carbocycles. The molecule has 0 aliphatic carbocycles. The smallest absolute Gasteiger partial charge is 0.231 e. The summed E-state index contributed by atoms with van der Waals surface area (Å²) in [7, 11) is 1.55. The van der Waals surface area contributed by atoms with Gasteiger partial charge in [-0.25, -0.2) is 0 Å². The molecule has 0 unspecified atom stereocenters. The Hall–Kier alpha value is -2.35. The second-order valence-corrected chi connectivity index (χ2v) is 5.59. The minimum absolute atomic E-state index is 0.166. The molecular weight excluding hydrogens is 337 g/mol. The van der Waals surface area contributed by atoms with Gasteiger partial charge in [0, 0.05) is 22.2 Å². The number of fused-ring (bicyclic) bond motifs is 1. The number of methoxy groups -OCH3 is 1. The van der Waals surface area contributed by atoms with Gasteiger partial charge in [0.1, 0.15) is 5.75 Å². The molecule has 0 N–H and O–H groups in total. The summed E-state index contributed by atoms with van der Waals surface area (Å²) in [4.78, 5) is 0. The zero-order valence-electron chi connectivity index (χ0n) is 12.1. The zero-order chi connectivity index (χ0) is 16.4. The van der Waals surface area contributed by atoms with Crippen LogP contribution < -0.4 is 14.2 Å². The van der Waals surface area contributed by atoms with Gasteiger partial charge >= 0.3 is 0 Å². The summed E-state index contributed by atoms with van der Waals surface area (Å²) < 4.78 is 16.0. The maximum Gasteiger partial charge on any atom is 0.231 e. The van der Waals surface area contributed by atoms with Gasteiger partial charge < -0.3 is 14.2 Å². The molecule has 1 aliphatic rings. The number of benzene rings is 2. The van der Waals surface area contributed by atoms with Gasteiger partial charge in [-0.15, -0.1) is 0 Å². The van der Waals surface area contributed by atoms with Crippen molar-refractivity contribution in [3.63, 3.8) is 0 Å². The number of nitriles is 1. The number of hydrogen-bond acceptors (Lipinski definition) is 4. The highest BCUT2D eigenvalue weighted by Gasteiger charge is 2.18. The van der Waals surface area contributed by atoms with Crippen molar-refractivity contribution >= 4 is 34.9 Å². The molecule has 0 amide bonds. The van der Waals surface area contributed by atoms with Crippen molar-refractivity contribution in [3.05, 3.63) is 51.5 Å². The molecule has 0 spiro atoms. The summed E-state index contributed by atoms with van der Waals surface area (Å²) in [5.41, 5.74) is 1.68. The Kier molecular flexibility index (Phi) is 4.33. The molecule has 0 radical (unpaired) electrons. The van der Waals surface area contributed by atoms with Gasteiger partial charge in [0.05, 0.1) is 23.8 Å². The molecule has 116 valence electrons. The number of ether oxygens (including phenoxy) is 3. The molecule has 23 heavy (non-hydrogen) atoms. The molecule has 1 heterocycles. The molecule has 0 aromatic heterocycles. The minimum atomic E-state index is 0.166. The molecule has 0 saturated heterocycles. The Balaban J connectivity index is 2.10. The van der Waals surface area contributed by atoms with Crippen molar-refractivity contribution in [3.8, 4) is 23.3 Å². The first-order chi connectivity index (χ1) is 11.1. The highest BCUT2D eigenvalue weighted by molar-refractivity contribution is 6.36. The Bertz CT molecular complexity index is 840. The van der Waals surface area contributed by atoms with E-state index < -0.39 is 0 Å². The van der Waals surface area contributed by atoms with E-state index in [1.165, 1.54) is 0 Å². The number of hydrogen-bond donors (Lipinski definition) is 0. The van der Waals surface area contributed by atoms with E-state index in [0.29, 0.717) is 44.0 Å². The van der Waals surface area contributed by atoms with Crippen LogP contribution in [0.3, 0.4) is 0 Å². The van der Waals surface area contributed by atoms with E-state index in [9.17, 15) is 5.26 Å². The fourth-order valence-corrected chi connectivity index (χ4v) is 2.77. The molecule has 6 heteroatoms. The molecule has 0 atom stereocenters. The van der Waals surface area contributed by atoms with Crippen LogP contribution in [0, 0.1) is 11.3 Å². The summed E-state index contributed by atoms with van der Waals surface area (Å²) in [6.07, 6.45) is 1.69. The summed E-state index contributed by atoms with van der Waals surface area (Å²) in [5, 5.41) is 10.4. The first-order valence-electron chi connectivity index (χ1n) is 6.67. The average molecular weight is 348 g/mol. The van der Waals surface area contributed by atoms with Crippen LogP contribution in [0.5, 0.6) is 17.2 Å². The van der Waals surface area contributed by atoms with Gasteiger partial charge in [0.25, 0.3) is 0 Å². The number of allylic oxidation sites excluding steroid dienone is 1. The molecule has 2 aromatic rings. The second kappa shape index (κ2) is 6.41. The van der Waals surface area contributed by atoms with Gasteiger partial charge in [0.15, 0.2) is 11.5 Å². The predicted molar refractivity (Wildman–Crippen MR) is 89.1 cm³/mol. The molecule has 3 rings (SSSR count). The summed E-state index contributed by atoms with van der Waals surface area (Å²) in [6, 6.07) is 10.6. The Morgan fingerprint density at radius 1 is 1.22 bits per heavy atom. The van der Waals surface area contributed by atoms with Crippen molar-refractivity contribution in [2.75, 3.05) is 13.9 Å².